The smallest absolute Gasteiger partial charge is 0.329 e. The largest absolute Gasteiger partial charge is 0.370 e. The number of carbonyl (C=O) groups excluding carboxylic acids is 5. The zero-order valence-corrected chi connectivity index (χ0v) is 41.4. The summed E-state index contributed by atoms with van der Waals surface area (Å²) in [6, 6.07) is 21.3. The van der Waals surface area contributed by atoms with Crippen molar-refractivity contribution >= 4 is 57.9 Å². The number of piperidine rings is 1. The van der Waals surface area contributed by atoms with E-state index in [1.165, 1.54) is 16.5 Å². The third-order valence-electron chi connectivity index (χ3n) is 16.4. The number of imide groups is 1. The number of benzene rings is 3. The minimum absolute atomic E-state index is 0. The molecule has 2 atom stereocenters. The van der Waals surface area contributed by atoms with Crippen LogP contribution in [-0.2, 0) is 40.9 Å². The summed E-state index contributed by atoms with van der Waals surface area (Å²) in [5.41, 5.74) is 6.66. The van der Waals surface area contributed by atoms with Crippen molar-refractivity contribution in [2.24, 2.45) is 12.5 Å². The van der Waals surface area contributed by atoms with Crippen LogP contribution in [0.3, 0.4) is 0 Å². The zero-order valence-electron chi connectivity index (χ0n) is 41.4. The van der Waals surface area contributed by atoms with Gasteiger partial charge in [-0.2, -0.15) is 5.10 Å². The van der Waals surface area contributed by atoms with E-state index in [0.717, 1.165) is 106 Å². The molecule has 2 unspecified atom stereocenters. The molecule has 4 saturated heterocycles. The number of amides is 6. The number of anilines is 3. The van der Waals surface area contributed by atoms with E-state index in [4.69, 9.17) is 0 Å². The third kappa shape index (κ3) is 8.10. The molecule has 2 spiro atoms. The van der Waals surface area contributed by atoms with Crippen LogP contribution in [0.15, 0.2) is 85.3 Å². The van der Waals surface area contributed by atoms with Gasteiger partial charge in [-0.25, -0.2) is 19.2 Å². The Labute approximate surface area is 425 Å². The van der Waals surface area contributed by atoms with Crippen molar-refractivity contribution in [1.82, 2.24) is 44.3 Å². The number of nitrogens with zero attached hydrogens (tertiary/aromatic N) is 10. The van der Waals surface area contributed by atoms with Gasteiger partial charge < -0.3 is 24.6 Å². The summed E-state index contributed by atoms with van der Waals surface area (Å²) in [4.78, 5) is 84.9. The second kappa shape index (κ2) is 17.9. The Balaban J connectivity index is 0.00000159. The second-order valence-corrected chi connectivity index (χ2v) is 20.9. The molecular formula is C55H63FN12O5. The maximum Gasteiger partial charge on any atom is 0.329 e. The predicted molar refractivity (Wildman–Crippen MR) is 276 cm³/mol. The van der Waals surface area contributed by atoms with E-state index in [-0.39, 0.29) is 49.7 Å². The van der Waals surface area contributed by atoms with Crippen molar-refractivity contribution in [3.63, 3.8) is 0 Å². The molecule has 1 aliphatic carbocycles. The van der Waals surface area contributed by atoms with Crippen LogP contribution in [0.4, 0.5) is 26.5 Å². The highest BCUT2D eigenvalue weighted by Gasteiger charge is 2.56. The summed E-state index contributed by atoms with van der Waals surface area (Å²) in [6.07, 6.45) is 9.34. The summed E-state index contributed by atoms with van der Waals surface area (Å²) in [5, 5.41) is 10.8. The second-order valence-electron chi connectivity index (χ2n) is 20.9. The lowest BCUT2D eigenvalue weighted by molar-refractivity contribution is -0.147. The average Bonchev–Trinajstić information content (AvgIpc) is 3.64. The molecule has 3 aromatic carbocycles. The molecule has 1 saturated carbocycles. The summed E-state index contributed by atoms with van der Waals surface area (Å²) in [7, 11) is 1.89. The van der Waals surface area contributed by atoms with E-state index in [0.29, 0.717) is 41.9 Å². The fourth-order valence-electron chi connectivity index (χ4n) is 12.5. The lowest BCUT2D eigenvalue weighted by Gasteiger charge is -2.61. The Bertz CT molecular complexity index is 3220. The van der Waals surface area contributed by atoms with Gasteiger partial charge in [0, 0.05) is 101 Å². The zero-order chi connectivity index (χ0) is 50.3. The fraction of sp³-hybridized carbons (Fsp3) is 0.418. The summed E-state index contributed by atoms with van der Waals surface area (Å²) >= 11 is 0. The van der Waals surface area contributed by atoms with Crippen LogP contribution in [0.2, 0.25) is 0 Å². The van der Waals surface area contributed by atoms with Gasteiger partial charge in [0.25, 0.3) is 11.8 Å². The summed E-state index contributed by atoms with van der Waals surface area (Å²) in [6.45, 7) is 9.54. The molecule has 2 N–H and O–H groups in total. The van der Waals surface area contributed by atoms with Crippen LogP contribution >= 0.6 is 0 Å². The lowest BCUT2D eigenvalue weighted by atomic mass is 9.72. The molecule has 6 aliphatic heterocycles. The number of nitrogens with one attached hydrogen (secondary N) is 2. The normalized spacial score (nSPS) is 20.8. The first kappa shape index (κ1) is 46.6. The summed E-state index contributed by atoms with van der Waals surface area (Å²) in [5.74, 6) is -0.164. The average molecular weight is 991 g/mol. The number of hydrogen-bond acceptors (Lipinski definition) is 10. The van der Waals surface area contributed by atoms with E-state index in [1.54, 1.807) is 41.7 Å². The number of likely N-dealkylation sites (tertiary alicyclic amines) is 2. The van der Waals surface area contributed by atoms with Crippen molar-refractivity contribution in [2.45, 2.75) is 89.4 Å². The van der Waals surface area contributed by atoms with Gasteiger partial charge in [-0.3, -0.25) is 39.0 Å². The van der Waals surface area contributed by atoms with E-state index in [1.807, 2.05) is 59.3 Å². The number of aryl methyl sites for hydroxylation is 2. The molecule has 5 fully saturated rings. The highest BCUT2D eigenvalue weighted by Crippen LogP contribution is 2.53. The van der Waals surface area contributed by atoms with Crippen LogP contribution in [0, 0.1) is 11.2 Å². The first-order valence-electron chi connectivity index (χ1n) is 25.8. The molecule has 3 aromatic heterocycles. The molecule has 17 nitrogen and oxygen atoms in total. The number of hydrogen-bond donors (Lipinski definition) is 2. The molecule has 0 bridgehead atoms. The van der Waals surface area contributed by atoms with E-state index in [9.17, 15) is 24.0 Å². The van der Waals surface area contributed by atoms with Crippen LogP contribution in [0.1, 0.15) is 100 Å². The van der Waals surface area contributed by atoms with Gasteiger partial charge in [-0.15, -0.1) is 0 Å². The van der Waals surface area contributed by atoms with Gasteiger partial charge in [0.1, 0.15) is 11.6 Å². The van der Waals surface area contributed by atoms with Gasteiger partial charge in [0.15, 0.2) is 11.9 Å². The van der Waals surface area contributed by atoms with Crippen molar-refractivity contribution < 1.29 is 31.2 Å². The number of carbonyl (C=O) groups is 5. The lowest BCUT2D eigenvalue weighted by Crippen LogP contribution is -2.73. The van der Waals surface area contributed by atoms with Gasteiger partial charge in [-0.05, 0) is 116 Å². The first-order chi connectivity index (χ1) is 35.4. The van der Waals surface area contributed by atoms with Crippen LogP contribution in [-0.4, -0.2) is 120 Å². The van der Waals surface area contributed by atoms with Crippen LogP contribution in [0.25, 0.3) is 22.0 Å². The van der Waals surface area contributed by atoms with Crippen LogP contribution in [0.5, 0.6) is 0 Å². The minimum Gasteiger partial charge on any atom is -0.370 e. The SMILES string of the molecule is CC.Cn1nc(N2CCC(=O)NC2=O)c2ccc(C3CCN(CC(=O)N4CC5(C4)CN(c4ccc(-c6cc(F)c7c(c6)C(=O)N(C(C(=O)Nc6ccccn6)c6ncn8c6CCC8)C7)cc4)C5)C4(CC4)C3)cc21.[HH].[HH]. The number of imidazole rings is 1. The van der Waals surface area contributed by atoms with Crippen molar-refractivity contribution in [1.29, 1.82) is 0 Å². The molecule has 6 amide bonds. The molecular weight excluding hydrogens is 928 g/mol. The molecule has 73 heavy (non-hydrogen) atoms. The monoisotopic (exact) mass is 991 g/mol. The van der Waals surface area contributed by atoms with Gasteiger partial charge >= 0.3 is 6.03 Å². The van der Waals surface area contributed by atoms with E-state index >= 15 is 4.39 Å². The van der Waals surface area contributed by atoms with E-state index < -0.39 is 29.7 Å². The van der Waals surface area contributed by atoms with Gasteiger partial charge in [-0.1, -0.05) is 38.1 Å². The first-order valence-corrected chi connectivity index (χ1v) is 25.8. The van der Waals surface area contributed by atoms with Crippen molar-refractivity contribution in [3.8, 4) is 11.1 Å². The highest BCUT2D eigenvalue weighted by atomic mass is 19.1. The number of aromatic nitrogens is 5. The predicted octanol–water partition coefficient (Wildman–Crippen LogP) is 7.28. The Morgan fingerprint density at radius 2 is 1.73 bits per heavy atom. The summed E-state index contributed by atoms with van der Waals surface area (Å²) < 4.78 is 19.9. The van der Waals surface area contributed by atoms with Crippen molar-refractivity contribution in [2.75, 3.05) is 60.9 Å². The molecule has 7 aliphatic rings. The van der Waals surface area contributed by atoms with E-state index in [2.05, 4.69) is 53.7 Å². The number of pyridine rings is 1. The molecule has 18 heteroatoms. The fourth-order valence-corrected chi connectivity index (χ4v) is 12.5. The molecule has 0 radical (unpaired) electrons. The Morgan fingerprint density at radius 3 is 2.48 bits per heavy atom. The van der Waals surface area contributed by atoms with Crippen molar-refractivity contribution in [3.05, 3.63) is 119 Å². The Hall–Kier alpha value is -7.47. The maximum absolute atomic E-state index is 16.0. The van der Waals surface area contributed by atoms with Crippen LogP contribution < -0.4 is 20.4 Å². The third-order valence-corrected chi connectivity index (χ3v) is 16.4. The number of rotatable bonds is 10. The number of halogens is 1. The maximum atomic E-state index is 16.0. The molecule has 13 rings (SSSR count). The number of urea groups is 1. The molecule has 6 aromatic rings. The van der Waals surface area contributed by atoms with Gasteiger partial charge in [0.2, 0.25) is 11.8 Å². The topological polar surface area (TPSA) is 174 Å². The quantitative estimate of drug-likeness (QED) is 0.142. The Kier molecular flexibility index (Phi) is 11.4. The molecule has 9 heterocycles. The number of fused-ring (bicyclic) bond motifs is 3. The van der Waals surface area contributed by atoms with Gasteiger partial charge in [0.05, 0.1) is 30.6 Å². The highest BCUT2D eigenvalue weighted by molar-refractivity contribution is 6.09. The minimum atomic E-state index is -1.07. The standard InChI is InChI=1S/C53H53FN12O5.C2H6.2H2/c1-60-42-23-33(9-12-37(42)48(59-60)65-20-14-44(67)58-51(65)71)34-13-19-64(53(24-34)15-16-53)26-45(68)63-29-52(30-63)27-62(28-52)36-10-7-32(8-11-36)35-21-38-39(40(54)22-35)25-66(50(38)70)47(46-41-5-4-18-61(41)31-56-46)49(69)57-43-6-2-3-17-55-43;1-2;;/h2-3,6-12,17,21-23,31,34,47H,4-5,13-16,18-20,24-30H2,1H3,(H,55,57,69)(H,58,67,71);1-2H3;2*1H. The Morgan fingerprint density at radius 1 is 0.918 bits per heavy atom. The molecule has 380 valence electrons.